The third-order valence-electron chi connectivity index (χ3n) is 2.45. The Bertz CT molecular complexity index is 348. The van der Waals surface area contributed by atoms with Crippen molar-refractivity contribution in [2.24, 2.45) is 0 Å². The van der Waals surface area contributed by atoms with Crippen molar-refractivity contribution in [1.29, 1.82) is 0 Å². The van der Waals surface area contributed by atoms with Crippen molar-refractivity contribution in [3.05, 3.63) is 35.9 Å². The van der Waals surface area contributed by atoms with Crippen molar-refractivity contribution in [2.75, 3.05) is 0 Å². The number of hydrogen-bond donors (Lipinski definition) is 1. The van der Waals surface area contributed by atoms with E-state index in [1.165, 1.54) is 5.56 Å². The van der Waals surface area contributed by atoms with Gasteiger partial charge in [-0.25, -0.2) is 0 Å². The van der Waals surface area contributed by atoms with Crippen LogP contribution < -0.4 is 5.32 Å². The van der Waals surface area contributed by atoms with Gasteiger partial charge in [-0.3, -0.25) is 0 Å². The van der Waals surface area contributed by atoms with Gasteiger partial charge in [-0.05, 0) is 31.6 Å². The van der Waals surface area contributed by atoms with Crippen LogP contribution in [0.2, 0.25) is 0 Å². The maximum atomic E-state index is 5.54. The molecule has 0 radical (unpaired) electrons. The minimum atomic E-state index is -0.265. The maximum absolute atomic E-state index is 5.54. The Morgan fingerprint density at radius 1 is 1.29 bits per heavy atom. The molecule has 0 aliphatic carbocycles. The molecule has 0 amide bonds. The first-order valence-electron chi connectivity index (χ1n) is 4.64. The predicted octanol–water partition coefficient (Wildman–Crippen LogP) is 2.41. The fourth-order valence-electron chi connectivity index (χ4n) is 1.75. The molecule has 0 unspecified atom stereocenters. The molecule has 0 aromatic heterocycles. The molecule has 2 rings (SSSR count). The van der Waals surface area contributed by atoms with Crippen molar-refractivity contribution in [2.45, 2.75) is 25.5 Å². The zero-order valence-corrected chi connectivity index (χ0v) is 9.10. The van der Waals surface area contributed by atoms with Crippen LogP contribution in [-0.2, 0) is 4.74 Å². The zero-order valence-electron chi connectivity index (χ0n) is 8.28. The molecule has 1 aliphatic rings. The highest BCUT2D eigenvalue weighted by molar-refractivity contribution is 7.80. The Kier molecular flexibility index (Phi) is 2.19. The van der Waals surface area contributed by atoms with Gasteiger partial charge in [0.25, 0.3) is 5.17 Å². The summed E-state index contributed by atoms with van der Waals surface area (Å²) in [5.41, 5.74) is 0.940. The summed E-state index contributed by atoms with van der Waals surface area (Å²) >= 11 is 5.01. The molecule has 0 saturated carbocycles. The Labute approximate surface area is 89.3 Å². The number of rotatable bonds is 1. The Hall–Kier alpha value is -1.09. The fraction of sp³-hybridized carbons (Fsp3) is 0.364. The monoisotopic (exact) mass is 207 g/mol. The van der Waals surface area contributed by atoms with Crippen molar-refractivity contribution in [1.82, 2.24) is 5.32 Å². The summed E-state index contributed by atoms with van der Waals surface area (Å²) in [6, 6.07) is 10.4. The average Bonchev–Trinajstić information content (AvgIpc) is 2.41. The maximum Gasteiger partial charge on any atom is 0.257 e. The average molecular weight is 207 g/mol. The normalized spacial score (nSPS) is 24.1. The van der Waals surface area contributed by atoms with E-state index in [0.29, 0.717) is 5.17 Å². The van der Waals surface area contributed by atoms with Crippen molar-refractivity contribution >= 4 is 17.4 Å². The van der Waals surface area contributed by atoms with Crippen LogP contribution >= 0.6 is 12.2 Å². The molecule has 1 atom stereocenters. The van der Waals surface area contributed by atoms with Gasteiger partial charge in [0, 0.05) is 0 Å². The van der Waals surface area contributed by atoms with Gasteiger partial charge in [0.15, 0.2) is 0 Å². The highest BCUT2D eigenvalue weighted by Gasteiger charge is 2.40. The first-order chi connectivity index (χ1) is 6.59. The molecule has 1 aliphatic heterocycles. The number of nitrogens with one attached hydrogen (secondary N) is 1. The summed E-state index contributed by atoms with van der Waals surface area (Å²) in [5.74, 6) is 0. The number of thiocarbonyl (C=S) groups is 1. The van der Waals surface area contributed by atoms with Gasteiger partial charge < -0.3 is 10.1 Å². The number of benzene rings is 1. The van der Waals surface area contributed by atoms with Crippen molar-refractivity contribution in [3.8, 4) is 0 Å². The molecule has 1 saturated heterocycles. The SMILES string of the molecule is CC1(C)OC(=S)N[C@@H]1c1ccccc1. The van der Waals surface area contributed by atoms with Gasteiger partial charge in [0.05, 0.1) is 6.04 Å². The molecule has 0 bridgehead atoms. The molecule has 3 heteroatoms. The molecule has 1 aromatic rings. The van der Waals surface area contributed by atoms with Gasteiger partial charge in [0.1, 0.15) is 5.60 Å². The second-order valence-corrected chi connectivity index (χ2v) is 4.35. The number of ether oxygens (including phenoxy) is 1. The quantitative estimate of drug-likeness (QED) is 0.715. The lowest BCUT2D eigenvalue weighted by Crippen LogP contribution is -2.29. The lowest BCUT2D eigenvalue weighted by molar-refractivity contribution is 0.107. The van der Waals surface area contributed by atoms with Crippen LogP contribution in [0.4, 0.5) is 0 Å². The molecule has 0 spiro atoms. The third-order valence-corrected chi connectivity index (χ3v) is 2.65. The van der Waals surface area contributed by atoms with Crippen molar-refractivity contribution in [3.63, 3.8) is 0 Å². The first-order valence-corrected chi connectivity index (χ1v) is 5.05. The summed E-state index contributed by atoms with van der Waals surface area (Å²) in [6.07, 6.45) is 0. The summed E-state index contributed by atoms with van der Waals surface area (Å²) in [5, 5.41) is 3.66. The van der Waals surface area contributed by atoms with E-state index in [1.807, 2.05) is 32.0 Å². The fourth-order valence-corrected chi connectivity index (χ4v) is 2.08. The highest BCUT2D eigenvalue weighted by atomic mass is 32.1. The minimum Gasteiger partial charge on any atom is -0.462 e. The molecular formula is C11H13NOS. The Morgan fingerprint density at radius 3 is 2.43 bits per heavy atom. The zero-order chi connectivity index (χ0) is 10.2. The molecule has 74 valence electrons. The van der Waals surface area contributed by atoms with Crippen LogP contribution in [0.5, 0.6) is 0 Å². The second-order valence-electron chi connectivity index (χ2n) is 3.98. The van der Waals surface area contributed by atoms with E-state index in [9.17, 15) is 0 Å². The van der Waals surface area contributed by atoms with Crippen LogP contribution in [0.3, 0.4) is 0 Å². The molecule has 1 fully saturated rings. The summed E-state index contributed by atoms with van der Waals surface area (Å²) < 4.78 is 5.54. The molecule has 1 heterocycles. The van der Waals surface area contributed by atoms with Crippen LogP contribution in [0.1, 0.15) is 25.5 Å². The lowest BCUT2D eigenvalue weighted by atomic mass is 9.93. The molecular weight excluding hydrogens is 194 g/mol. The number of hydrogen-bond acceptors (Lipinski definition) is 2. The molecule has 14 heavy (non-hydrogen) atoms. The second kappa shape index (κ2) is 3.24. The van der Waals surface area contributed by atoms with Crippen LogP contribution in [-0.4, -0.2) is 10.8 Å². The van der Waals surface area contributed by atoms with Gasteiger partial charge in [-0.1, -0.05) is 30.3 Å². The lowest BCUT2D eigenvalue weighted by Gasteiger charge is -2.24. The van der Waals surface area contributed by atoms with Crippen LogP contribution in [0.15, 0.2) is 30.3 Å². The van der Waals surface area contributed by atoms with Gasteiger partial charge in [-0.15, -0.1) is 0 Å². The standard InChI is InChI=1S/C11H13NOS/c1-11(2)9(12-10(14)13-11)8-6-4-3-5-7-8/h3-7,9H,1-2H3,(H,12,14)/t9-/m1/s1. The first kappa shape index (κ1) is 9.46. The van der Waals surface area contributed by atoms with Gasteiger partial charge >= 0.3 is 0 Å². The van der Waals surface area contributed by atoms with E-state index in [-0.39, 0.29) is 11.6 Å². The van der Waals surface area contributed by atoms with Crippen molar-refractivity contribution < 1.29 is 4.74 Å². The van der Waals surface area contributed by atoms with Crippen LogP contribution in [0.25, 0.3) is 0 Å². The molecule has 2 nitrogen and oxygen atoms in total. The van der Waals surface area contributed by atoms with E-state index in [0.717, 1.165) is 0 Å². The summed E-state index contributed by atoms with van der Waals surface area (Å²) in [7, 11) is 0. The molecule has 1 aromatic carbocycles. The van der Waals surface area contributed by atoms with E-state index >= 15 is 0 Å². The summed E-state index contributed by atoms with van der Waals surface area (Å²) in [6.45, 7) is 4.08. The highest BCUT2D eigenvalue weighted by Crippen LogP contribution is 2.33. The van der Waals surface area contributed by atoms with Gasteiger partial charge in [-0.2, -0.15) is 0 Å². The van der Waals surface area contributed by atoms with E-state index in [2.05, 4.69) is 17.4 Å². The smallest absolute Gasteiger partial charge is 0.257 e. The topological polar surface area (TPSA) is 21.3 Å². The van der Waals surface area contributed by atoms with E-state index in [1.54, 1.807) is 0 Å². The van der Waals surface area contributed by atoms with Crippen LogP contribution in [0, 0.1) is 0 Å². The summed E-state index contributed by atoms with van der Waals surface area (Å²) in [4.78, 5) is 0. The van der Waals surface area contributed by atoms with Gasteiger partial charge in [0.2, 0.25) is 0 Å². The third kappa shape index (κ3) is 1.60. The molecule has 1 N–H and O–H groups in total. The Morgan fingerprint density at radius 2 is 1.93 bits per heavy atom. The minimum absolute atomic E-state index is 0.149. The predicted molar refractivity (Wildman–Crippen MR) is 60.1 cm³/mol. The van der Waals surface area contributed by atoms with E-state index < -0.39 is 0 Å². The van der Waals surface area contributed by atoms with E-state index in [4.69, 9.17) is 17.0 Å². The Balaban J connectivity index is 2.32. The largest absolute Gasteiger partial charge is 0.462 e.